The second-order valence-electron chi connectivity index (χ2n) is 5.03. The standard InChI is InChI=1S/C14H18O/c15-14(11-5-3-6-11)13-9-8-10-4-1-2-7-12(10)13/h1-2,4,7,11,13-15H,3,5-6,8-9H2. The van der Waals surface area contributed by atoms with Gasteiger partial charge in [0.05, 0.1) is 6.10 Å². The Morgan fingerprint density at radius 1 is 1.13 bits per heavy atom. The Bertz CT molecular complexity index is 354. The highest BCUT2D eigenvalue weighted by molar-refractivity contribution is 5.35. The van der Waals surface area contributed by atoms with Gasteiger partial charge in [-0.3, -0.25) is 0 Å². The van der Waals surface area contributed by atoms with Crippen molar-refractivity contribution in [3.05, 3.63) is 35.4 Å². The molecule has 0 amide bonds. The summed E-state index contributed by atoms with van der Waals surface area (Å²) in [6.45, 7) is 0. The summed E-state index contributed by atoms with van der Waals surface area (Å²) < 4.78 is 0. The van der Waals surface area contributed by atoms with Gasteiger partial charge in [0.25, 0.3) is 0 Å². The van der Waals surface area contributed by atoms with E-state index in [9.17, 15) is 5.11 Å². The van der Waals surface area contributed by atoms with E-state index in [4.69, 9.17) is 0 Å². The molecule has 1 nitrogen and oxygen atoms in total. The first-order valence-electron chi connectivity index (χ1n) is 6.12. The van der Waals surface area contributed by atoms with Crippen molar-refractivity contribution >= 4 is 0 Å². The fraction of sp³-hybridized carbons (Fsp3) is 0.571. The van der Waals surface area contributed by atoms with Gasteiger partial charge in [-0.25, -0.2) is 0 Å². The maximum Gasteiger partial charge on any atom is 0.0637 e. The number of aliphatic hydroxyl groups excluding tert-OH is 1. The zero-order chi connectivity index (χ0) is 10.3. The van der Waals surface area contributed by atoms with E-state index in [1.807, 2.05) is 0 Å². The Morgan fingerprint density at radius 3 is 2.67 bits per heavy atom. The van der Waals surface area contributed by atoms with Crippen molar-refractivity contribution in [2.75, 3.05) is 0 Å². The van der Waals surface area contributed by atoms with Gasteiger partial charge in [0.1, 0.15) is 0 Å². The molecule has 15 heavy (non-hydrogen) atoms. The zero-order valence-electron chi connectivity index (χ0n) is 9.02. The molecule has 0 aromatic heterocycles. The smallest absolute Gasteiger partial charge is 0.0637 e. The van der Waals surface area contributed by atoms with Gasteiger partial charge in [0.15, 0.2) is 0 Å². The number of aliphatic hydroxyl groups is 1. The molecule has 0 bridgehead atoms. The van der Waals surface area contributed by atoms with Gasteiger partial charge >= 0.3 is 0 Å². The number of aryl methyl sites for hydroxylation is 1. The van der Waals surface area contributed by atoms with E-state index in [0.717, 1.165) is 12.8 Å². The van der Waals surface area contributed by atoms with E-state index >= 15 is 0 Å². The fourth-order valence-electron chi connectivity index (χ4n) is 3.05. The van der Waals surface area contributed by atoms with E-state index in [1.54, 1.807) is 0 Å². The monoisotopic (exact) mass is 202 g/mol. The molecule has 2 aliphatic carbocycles. The number of hydrogen-bond donors (Lipinski definition) is 1. The lowest BCUT2D eigenvalue weighted by Gasteiger charge is -2.34. The maximum absolute atomic E-state index is 10.3. The van der Waals surface area contributed by atoms with Crippen molar-refractivity contribution < 1.29 is 5.11 Å². The van der Waals surface area contributed by atoms with Crippen molar-refractivity contribution in [2.45, 2.75) is 44.1 Å². The molecule has 80 valence electrons. The van der Waals surface area contributed by atoms with Crippen LogP contribution in [0.15, 0.2) is 24.3 Å². The molecular weight excluding hydrogens is 184 g/mol. The Kier molecular flexibility index (Phi) is 2.28. The van der Waals surface area contributed by atoms with E-state index in [2.05, 4.69) is 24.3 Å². The lowest BCUT2D eigenvalue weighted by molar-refractivity contribution is 0.0402. The molecule has 1 aromatic carbocycles. The molecule has 0 radical (unpaired) electrons. The second-order valence-corrected chi connectivity index (χ2v) is 5.03. The average Bonchev–Trinajstić information content (AvgIpc) is 2.58. The van der Waals surface area contributed by atoms with Crippen LogP contribution in [0.2, 0.25) is 0 Å². The zero-order valence-corrected chi connectivity index (χ0v) is 9.02. The highest BCUT2D eigenvalue weighted by atomic mass is 16.3. The summed E-state index contributed by atoms with van der Waals surface area (Å²) in [7, 11) is 0. The number of rotatable bonds is 2. The van der Waals surface area contributed by atoms with Crippen LogP contribution in [0.5, 0.6) is 0 Å². The van der Waals surface area contributed by atoms with Crippen LogP contribution in [-0.2, 0) is 6.42 Å². The predicted molar refractivity (Wildman–Crippen MR) is 60.9 cm³/mol. The molecule has 3 rings (SSSR count). The molecule has 1 heteroatoms. The topological polar surface area (TPSA) is 20.2 Å². The minimum Gasteiger partial charge on any atom is -0.392 e. The normalized spacial score (nSPS) is 27.1. The van der Waals surface area contributed by atoms with Crippen LogP contribution in [0.25, 0.3) is 0 Å². The molecular formula is C14H18O. The third kappa shape index (κ3) is 1.50. The van der Waals surface area contributed by atoms with Crippen LogP contribution in [-0.4, -0.2) is 11.2 Å². The van der Waals surface area contributed by atoms with Gasteiger partial charge < -0.3 is 5.11 Å². The molecule has 0 heterocycles. The SMILES string of the molecule is OC(C1CCC1)C1CCc2ccccc21. The Hall–Kier alpha value is -0.820. The van der Waals surface area contributed by atoms with Crippen molar-refractivity contribution in [2.24, 2.45) is 5.92 Å². The number of fused-ring (bicyclic) bond motifs is 1. The Morgan fingerprint density at radius 2 is 1.93 bits per heavy atom. The molecule has 2 unspecified atom stereocenters. The molecule has 0 aliphatic heterocycles. The van der Waals surface area contributed by atoms with E-state index in [-0.39, 0.29) is 6.10 Å². The summed E-state index contributed by atoms with van der Waals surface area (Å²) in [5.41, 5.74) is 2.87. The number of benzene rings is 1. The van der Waals surface area contributed by atoms with Gasteiger partial charge in [-0.05, 0) is 42.7 Å². The van der Waals surface area contributed by atoms with Crippen molar-refractivity contribution in [3.8, 4) is 0 Å². The molecule has 2 atom stereocenters. The molecule has 1 N–H and O–H groups in total. The second kappa shape index (κ2) is 3.64. The molecule has 1 saturated carbocycles. The minimum absolute atomic E-state index is 0.0811. The van der Waals surface area contributed by atoms with Crippen LogP contribution in [0.3, 0.4) is 0 Å². The van der Waals surface area contributed by atoms with Gasteiger partial charge in [-0.1, -0.05) is 30.7 Å². The van der Waals surface area contributed by atoms with Gasteiger partial charge in [0.2, 0.25) is 0 Å². The Balaban J connectivity index is 1.83. The van der Waals surface area contributed by atoms with Crippen molar-refractivity contribution in [3.63, 3.8) is 0 Å². The lowest BCUT2D eigenvalue weighted by atomic mass is 9.75. The van der Waals surface area contributed by atoms with Gasteiger partial charge in [-0.2, -0.15) is 0 Å². The molecule has 2 aliphatic rings. The fourth-order valence-corrected chi connectivity index (χ4v) is 3.05. The maximum atomic E-state index is 10.3. The number of hydrogen-bond acceptors (Lipinski definition) is 1. The van der Waals surface area contributed by atoms with Crippen LogP contribution in [0, 0.1) is 5.92 Å². The summed E-state index contributed by atoms with van der Waals surface area (Å²) >= 11 is 0. The highest BCUT2D eigenvalue weighted by Crippen LogP contribution is 2.42. The van der Waals surface area contributed by atoms with Crippen LogP contribution >= 0.6 is 0 Å². The summed E-state index contributed by atoms with van der Waals surface area (Å²) in [5, 5.41) is 10.3. The van der Waals surface area contributed by atoms with Crippen LogP contribution in [0.1, 0.15) is 42.7 Å². The molecule has 1 aromatic rings. The quantitative estimate of drug-likeness (QED) is 0.782. The summed E-state index contributed by atoms with van der Waals surface area (Å²) in [6, 6.07) is 8.62. The van der Waals surface area contributed by atoms with Crippen molar-refractivity contribution in [1.82, 2.24) is 0 Å². The largest absolute Gasteiger partial charge is 0.392 e. The predicted octanol–water partition coefficient (Wildman–Crippen LogP) is 2.88. The van der Waals surface area contributed by atoms with Crippen LogP contribution in [0.4, 0.5) is 0 Å². The first kappa shape index (κ1) is 9.41. The molecule has 0 spiro atoms. The van der Waals surface area contributed by atoms with E-state index in [0.29, 0.717) is 11.8 Å². The summed E-state index contributed by atoms with van der Waals surface area (Å²) in [4.78, 5) is 0. The molecule has 0 saturated heterocycles. The van der Waals surface area contributed by atoms with Gasteiger partial charge in [0, 0.05) is 5.92 Å². The van der Waals surface area contributed by atoms with Gasteiger partial charge in [-0.15, -0.1) is 0 Å². The molecule has 1 fully saturated rings. The van der Waals surface area contributed by atoms with Crippen molar-refractivity contribution in [1.29, 1.82) is 0 Å². The summed E-state index contributed by atoms with van der Waals surface area (Å²) in [5.74, 6) is 1.01. The average molecular weight is 202 g/mol. The first-order valence-corrected chi connectivity index (χ1v) is 6.12. The van der Waals surface area contributed by atoms with E-state index in [1.165, 1.54) is 30.4 Å². The van der Waals surface area contributed by atoms with E-state index < -0.39 is 0 Å². The third-order valence-electron chi connectivity index (χ3n) is 4.22. The highest BCUT2D eigenvalue weighted by Gasteiger charge is 2.35. The summed E-state index contributed by atoms with van der Waals surface area (Å²) in [6.07, 6.45) is 6.01. The lowest BCUT2D eigenvalue weighted by Crippen LogP contribution is -2.31. The van der Waals surface area contributed by atoms with Crippen LogP contribution < -0.4 is 0 Å². The first-order chi connectivity index (χ1) is 7.36. The third-order valence-corrected chi connectivity index (χ3v) is 4.22. The Labute approximate surface area is 91.1 Å². The minimum atomic E-state index is -0.0811.